The number of pyridine rings is 1. The Bertz CT molecular complexity index is 756. The summed E-state index contributed by atoms with van der Waals surface area (Å²) in [6.07, 6.45) is 1.76. The first kappa shape index (κ1) is 16.0. The second kappa shape index (κ2) is 7.05. The van der Waals surface area contributed by atoms with Crippen molar-refractivity contribution in [3.63, 3.8) is 0 Å². The predicted octanol–water partition coefficient (Wildman–Crippen LogP) is 3.66. The molecule has 0 aliphatic heterocycles. The standard InChI is InChI=1S/C16H13FN2O2S/c1-3-21-16(20)12-8-10(9-18)15(22-2)19-14(12)11-6-4-5-7-13(11)17/h4-8H,3H2,1-2H3. The summed E-state index contributed by atoms with van der Waals surface area (Å²) in [6, 6.07) is 9.44. The quantitative estimate of drug-likeness (QED) is 0.636. The van der Waals surface area contributed by atoms with Gasteiger partial charge in [0.25, 0.3) is 0 Å². The highest BCUT2D eigenvalue weighted by Gasteiger charge is 2.21. The Balaban J connectivity index is 2.72. The molecule has 0 amide bonds. The summed E-state index contributed by atoms with van der Waals surface area (Å²) >= 11 is 1.26. The molecule has 0 fully saturated rings. The van der Waals surface area contributed by atoms with E-state index in [1.54, 1.807) is 25.3 Å². The average molecular weight is 316 g/mol. The predicted molar refractivity (Wildman–Crippen MR) is 82.1 cm³/mol. The topological polar surface area (TPSA) is 63.0 Å². The molecule has 0 N–H and O–H groups in total. The number of carbonyl (C=O) groups is 1. The van der Waals surface area contributed by atoms with Gasteiger partial charge in [0, 0.05) is 5.56 Å². The van der Waals surface area contributed by atoms with Crippen LogP contribution in [0.4, 0.5) is 4.39 Å². The summed E-state index contributed by atoms with van der Waals surface area (Å²) in [6.45, 7) is 1.86. The minimum atomic E-state index is -0.627. The number of benzene rings is 1. The average Bonchev–Trinajstić information content (AvgIpc) is 2.54. The molecule has 1 aromatic heterocycles. The number of carbonyl (C=O) groups excluding carboxylic acids is 1. The van der Waals surface area contributed by atoms with Gasteiger partial charge >= 0.3 is 5.97 Å². The Kier molecular flexibility index (Phi) is 5.12. The Morgan fingerprint density at radius 3 is 2.77 bits per heavy atom. The number of esters is 1. The second-order valence-corrected chi connectivity index (χ2v) is 5.05. The van der Waals surface area contributed by atoms with Crippen LogP contribution >= 0.6 is 11.8 Å². The van der Waals surface area contributed by atoms with E-state index >= 15 is 0 Å². The highest BCUT2D eigenvalue weighted by atomic mass is 32.2. The van der Waals surface area contributed by atoms with Gasteiger partial charge in [0.1, 0.15) is 16.9 Å². The SMILES string of the molecule is CCOC(=O)c1cc(C#N)c(SC)nc1-c1ccccc1F. The van der Waals surface area contributed by atoms with Gasteiger partial charge in [0.15, 0.2) is 0 Å². The molecular weight excluding hydrogens is 303 g/mol. The van der Waals surface area contributed by atoms with E-state index in [2.05, 4.69) is 4.98 Å². The smallest absolute Gasteiger partial charge is 0.340 e. The molecule has 1 heterocycles. The number of hydrogen-bond acceptors (Lipinski definition) is 5. The fourth-order valence-corrected chi connectivity index (χ4v) is 2.46. The lowest BCUT2D eigenvalue weighted by atomic mass is 10.0. The van der Waals surface area contributed by atoms with Crippen molar-refractivity contribution in [2.45, 2.75) is 11.9 Å². The van der Waals surface area contributed by atoms with Crippen LogP contribution in [0.5, 0.6) is 0 Å². The summed E-state index contributed by atoms with van der Waals surface area (Å²) in [5, 5.41) is 9.61. The maximum atomic E-state index is 14.1. The highest BCUT2D eigenvalue weighted by molar-refractivity contribution is 7.98. The Morgan fingerprint density at radius 2 is 2.18 bits per heavy atom. The fourth-order valence-electron chi connectivity index (χ4n) is 1.96. The molecule has 6 heteroatoms. The van der Waals surface area contributed by atoms with Crippen molar-refractivity contribution in [2.75, 3.05) is 12.9 Å². The number of halogens is 1. The molecule has 22 heavy (non-hydrogen) atoms. The van der Waals surface area contributed by atoms with Crippen molar-refractivity contribution in [3.8, 4) is 17.3 Å². The molecule has 2 aromatic rings. The summed E-state index contributed by atoms with van der Waals surface area (Å²) in [7, 11) is 0. The van der Waals surface area contributed by atoms with Crippen molar-refractivity contribution in [3.05, 3.63) is 47.3 Å². The van der Waals surface area contributed by atoms with Gasteiger partial charge in [-0.05, 0) is 31.4 Å². The molecule has 0 aliphatic rings. The third-order valence-corrected chi connectivity index (χ3v) is 3.62. The van der Waals surface area contributed by atoms with Gasteiger partial charge in [-0.2, -0.15) is 5.26 Å². The Labute approximate surface area is 131 Å². The monoisotopic (exact) mass is 316 g/mol. The van der Waals surface area contributed by atoms with Crippen molar-refractivity contribution in [2.24, 2.45) is 0 Å². The molecule has 0 bridgehead atoms. The minimum absolute atomic E-state index is 0.0845. The molecule has 0 saturated heterocycles. The molecule has 0 spiro atoms. The normalized spacial score (nSPS) is 10.1. The van der Waals surface area contributed by atoms with E-state index in [1.165, 1.54) is 30.0 Å². The molecule has 1 aromatic carbocycles. The second-order valence-electron chi connectivity index (χ2n) is 4.25. The van der Waals surface area contributed by atoms with Gasteiger partial charge in [-0.3, -0.25) is 0 Å². The number of nitriles is 1. The van der Waals surface area contributed by atoms with E-state index in [0.29, 0.717) is 5.03 Å². The molecule has 4 nitrogen and oxygen atoms in total. The number of thioether (sulfide) groups is 1. The maximum Gasteiger partial charge on any atom is 0.340 e. The van der Waals surface area contributed by atoms with Crippen molar-refractivity contribution in [1.29, 1.82) is 5.26 Å². The van der Waals surface area contributed by atoms with E-state index in [4.69, 9.17) is 4.74 Å². The van der Waals surface area contributed by atoms with Crippen LogP contribution in [0.25, 0.3) is 11.3 Å². The lowest BCUT2D eigenvalue weighted by molar-refractivity contribution is 0.0526. The van der Waals surface area contributed by atoms with Gasteiger partial charge < -0.3 is 4.74 Å². The molecule has 0 aliphatic carbocycles. The van der Waals surface area contributed by atoms with Crippen LogP contribution in [0.1, 0.15) is 22.8 Å². The molecule has 0 unspecified atom stereocenters. The molecule has 112 valence electrons. The van der Waals surface area contributed by atoms with E-state index in [9.17, 15) is 14.4 Å². The number of nitrogens with zero attached hydrogens (tertiary/aromatic N) is 2. The van der Waals surface area contributed by atoms with Crippen LogP contribution in [-0.2, 0) is 4.74 Å². The largest absolute Gasteiger partial charge is 0.462 e. The third kappa shape index (κ3) is 3.10. The molecule has 0 atom stereocenters. The number of rotatable bonds is 4. The summed E-state index contributed by atoms with van der Waals surface area (Å²) < 4.78 is 19.0. The van der Waals surface area contributed by atoms with Crippen molar-refractivity contribution < 1.29 is 13.9 Å². The Morgan fingerprint density at radius 1 is 1.45 bits per heavy atom. The summed E-state index contributed by atoms with van der Waals surface area (Å²) in [5.41, 5.74) is 0.724. The number of ether oxygens (including phenoxy) is 1. The minimum Gasteiger partial charge on any atom is -0.462 e. The Hall–Kier alpha value is -2.39. The first-order valence-corrected chi connectivity index (χ1v) is 7.76. The van der Waals surface area contributed by atoms with Crippen LogP contribution in [0.15, 0.2) is 35.4 Å². The lowest BCUT2D eigenvalue weighted by Gasteiger charge is -2.11. The molecule has 0 saturated carbocycles. The van der Waals surface area contributed by atoms with Crippen LogP contribution in [0.2, 0.25) is 0 Å². The van der Waals surface area contributed by atoms with Crippen molar-refractivity contribution >= 4 is 17.7 Å². The zero-order valence-electron chi connectivity index (χ0n) is 12.1. The van der Waals surface area contributed by atoms with E-state index in [1.807, 2.05) is 6.07 Å². The first-order chi connectivity index (χ1) is 10.6. The van der Waals surface area contributed by atoms with Crippen molar-refractivity contribution in [1.82, 2.24) is 4.98 Å². The van der Waals surface area contributed by atoms with Gasteiger partial charge in [0.05, 0.1) is 23.4 Å². The van der Waals surface area contributed by atoms with Gasteiger partial charge in [-0.1, -0.05) is 12.1 Å². The van der Waals surface area contributed by atoms with Crippen LogP contribution in [0.3, 0.4) is 0 Å². The maximum absolute atomic E-state index is 14.1. The van der Waals surface area contributed by atoms with Gasteiger partial charge in [-0.15, -0.1) is 11.8 Å². The molecular formula is C16H13FN2O2S. The number of hydrogen-bond donors (Lipinski definition) is 0. The zero-order chi connectivity index (χ0) is 16.1. The van der Waals surface area contributed by atoms with E-state index < -0.39 is 11.8 Å². The molecule has 2 rings (SSSR count). The van der Waals surface area contributed by atoms with Crippen LogP contribution in [-0.4, -0.2) is 23.8 Å². The van der Waals surface area contributed by atoms with Crippen LogP contribution < -0.4 is 0 Å². The van der Waals surface area contributed by atoms with Gasteiger partial charge in [0.2, 0.25) is 0 Å². The van der Waals surface area contributed by atoms with E-state index in [-0.39, 0.29) is 29.0 Å². The fraction of sp³-hybridized carbons (Fsp3) is 0.188. The highest BCUT2D eigenvalue weighted by Crippen LogP contribution is 2.29. The number of aromatic nitrogens is 1. The summed E-state index contributed by atoms with van der Waals surface area (Å²) in [5.74, 6) is -1.12. The summed E-state index contributed by atoms with van der Waals surface area (Å²) in [4.78, 5) is 16.4. The zero-order valence-corrected chi connectivity index (χ0v) is 12.9. The van der Waals surface area contributed by atoms with Crippen LogP contribution in [0, 0.1) is 17.1 Å². The third-order valence-electron chi connectivity index (χ3n) is 2.93. The lowest BCUT2D eigenvalue weighted by Crippen LogP contribution is -2.09. The first-order valence-electron chi connectivity index (χ1n) is 6.53. The van der Waals surface area contributed by atoms with Gasteiger partial charge in [-0.25, -0.2) is 14.2 Å². The molecule has 0 radical (unpaired) electrons. The van der Waals surface area contributed by atoms with E-state index in [0.717, 1.165) is 0 Å².